The SMILES string of the molecule is O=C(Cc1[nH]c(=S)n2c1CC(c1c(F)ccc(Br)c1F)C2)N1CCC(F)(F)CC1. The van der Waals surface area contributed by atoms with Crippen molar-refractivity contribution in [1.82, 2.24) is 14.5 Å². The van der Waals surface area contributed by atoms with E-state index < -0.39 is 23.5 Å². The molecule has 4 nitrogen and oxygen atoms in total. The average Bonchev–Trinajstić information content (AvgIpc) is 3.20. The number of alkyl halides is 2. The molecule has 0 aliphatic carbocycles. The van der Waals surface area contributed by atoms with Crippen molar-refractivity contribution in [2.24, 2.45) is 0 Å². The highest BCUT2D eigenvalue weighted by Gasteiger charge is 2.36. The van der Waals surface area contributed by atoms with Gasteiger partial charge in [-0.1, -0.05) is 0 Å². The Morgan fingerprint density at radius 3 is 2.66 bits per heavy atom. The molecule has 1 atom stereocenters. The maximum absolute atomic E-state index is 14.5. The van der Waals surface area contributed by atoms with Gasteiger partial charge in [0, 0.05) is 55.3 Å². The molecule has 0 bridgehead atoms. The van der Waals surface area contributed by atoms with Crippen LogP contribution in [0.25, 0.3) is 0 Å². The van der Waals surface area contributed by atoms with Gasteiger partial charge in [0.25, 0.3) is 5.92 Å². The van der Waals surface area contributed by atoms with E-state index in [1.165, 1.54) is 17.0 Å². The smallest absolute Gasteiger partial charge is 0.251 e. The van der Waals surface area contributed by atoms with Crippen LogP contribution in [-0.4, -0.2) is 39.4 Å². The van der Waals surface area contributed by atoms with Crippen LogP contribution in [0.15, 0.2) is 16.6 Å². The predicted molar refractivity (Wildman–Crippen MR) is 105 cm³/mol. The lowest BCUT2D eigenvalue weighted by Gasteiger charge is -2.31. The highest BCUT2D eigenvalue weighted by molar-refractivity contribution is 9.10. The third kappa shape index (κ3) is 3.88. The Kier molecular flexibility index (Phi) is 5.35. The zero-order chi connectivity index (χ0) is 20.9. The van der Waals surface area contributed by atoms with Gasteiger partial charge in [-0.15, -0.1) is 0 Å². The summed E-state index contributed by atoms with van der Waals surface area (Å²) in [5, 5.41) is 0. The van der Waals surface area contributed by atoms with E-state index in [4.69, 9.17) is 12.2 Å². The van der Waals surface area contributed by atoms with Gasteiger partial charge in [-0.3, -0.25) is 4.79 Å². The Hall–Kier alpha value is -1.68. The summed E-state index contributed by atoms with van der Waals surface area (Å²) in [5.74, 6) is -4.69. The lowest BCUT2D eigenvalue weighted by atomic mass is 9.95. The largest absolute Gasteiger partial charge is 0.342 e. The second kappa shape index (κ2) is 7.54. The summed E-state index contributed by atoms with van der Waals surface area (Å²) in [6, 6.07) is 2.54. The van der Waals surface area contributed by atoms with Gasteiger partial charge in [-0.2, -0.15) is 0 Å². The van der Waals surface area contributed by atoms with Gasteiger partial charge >= 0.3 is 0 Å². The fourth-order valence-corrected chi connectivity index (χ4v) is 4.76. The molecule has 2 aliphatic rings. The molecule has 156 valence electrons. The number of fused-ring (bicyclic) bond motifs is 1. The maximum atomic E-state index is 14.5. The first kappa shape index (κ1) is 20.6. The van der Waals surface area contributed by atoms with E-state index in [-0.39, 0.29) is 48.3 Å². The molecule has 1 unspecified atom stereocenters. The first-order valence-corrected chi connectivity index (χ1v) is 10.5. The zero-order valence-electron chi connectivity index (χ0n) is 15.3. The highest BCUT2D eigenvalue weighted by Crippen LogP contribution is 2.36. The molecular formula is C19H18BrF4N3OS. The van der Waals surface area contributed by atoms with Crippen LogP contribution in [0.2, 0.25) is 0 Å². The predicted octanol–water partition coefficient (Wildman–Crippen LogP) is 4.73. The monoisotopic (exact) mass is 491 g/mol. The summed E-state index contributed by atoms with van der Waals surface area (Å²) < 4.78 is 57.8. The van der Waals surface area contributed by atoms with Gasteiger partial charge in [-0.05, 0) is 46.7 Å². The molecule has 2 aromatic rings. The molecule has 1 aromatic heterocycles. The van der Waals surface area contributed by atoms with E-state index in [0.29, 0.717) is 23.4 Å². The summed E-state index contributed by atoms with van der Waals surface area (Å²) >= 11 is 8.41. The quantitative estimate of drug-likeness (QED) is 0.383. The lowest BCUT2D eigenvalue weighted by Crippen LogP contribution is -2.43. The van der Waals surface area contributed by atoms with Crippen molar-refractivity contribution < 1.29 is 22.4 Å². The fourth-order valence-electron chi connectivity index (χ4n) is 4.10. The number of H-pyrrole nitrogens is 1. The Labute approximate surface area is 178 Å². The minimum absolute atomic E-state index is 0.00624. The Bertz CT molecular complexity index is 1030. The van der Waals surface area contributed by atoms with Crippen LogP contribution in [0.3, 0.4) is 0 Å². The molecule has 1 saturated heterocycles. The standard InChI is InChI=1S/C19H18BrF4N3OS/c20-11-1-2-12(21)16(17(11)22)10-7-14-13(25-18(29)27(14)9-10)8-15(28)26-5-3-19(23,24)4-6-26/h1-2,10H,3-9H2,(H,25,29). The topological polar surface area (TPSA) is 41.0 Å². The second-order valence-electron chi connectivity index (χ2n) is 7.54. The number of benzene rings is 1. The van der Waals surface area contributed by atoms with Crippen LogP contribution >= 0.6 is 28.1 Å². The van der Waals surface area contributed by atoms with Gasteiger partial charge in [0.2, 0.25) is 5.91 Å². The van der Waals surface area contributed by atoms with Crippen LogP contribution in [-0.2, 0) is 24.2 Å². The van der Waals surface area contributed by atoms with Crippen molar-refractivity contribution >= 4 is 34.1 Å². The number of hydrogen-bond acceptors (Lipinski definition) is 2. The van der Waals surface area contributed by atoms with Gasteiger partial charge in [0.1, 0.15) is 11.6 Å². The number of nitrogens with zero attached hydrogens (tertiary/aromatic N) is 2. The molecule has 4 rings (SSSR count). The number of imidazole rings is 1. The van der Waals surface area contributed by atoms with Crippen molar-refractivity contribution in [2.45, 2.75) is 44.1 Å². The summed E-state index contributed by atoms with van der Waals surface area (Å²) in [6.45, 7) is 0.332. The Balaban J connectivity index is 1.54. The molecule has 2 aliphatic heterocycles. The molecular weight excluding hydrogens is 474 g/mol. The van der Waals surface area contributed by atoms with E-state index in [2.05, 4.69) is 20.9 Å². The molecule has 3 heterocycles. The van der Waals surface area contributed by atoms with Gasteiger partial charge in [-0.25, -0.2) is 17.6 Å². The van der Waals surface area contributed by atoms with E-state index in [9.17, 15) is 22.4 Å². The summed E-state index contributed by atoms with van der Waals surface area (Å²) in [5.41, 5.74) is 1.30. The molecule has 0 saturated carbocycles. The first-order chi connectivity index (χ1) is 13.7. The highest BCUT2D eigenvalue weighted by atomic mass is 79.9. The van der Waals surface area contributed by atoms with Crippen molar-refractivity contribution in [2.75, 3.05) is 13.1 Å². The molecule has 0 radical (unpaired) electrons. The number of carbonyl (C=O) groups is 1. The minimum atomic E-state index is -2.72. The van der Waals surface area contributed by atoms with Crippen LogP contribution < -0.4 is 0 Å². The zero-order valence-corrected chi connectivity index (χ0v) is 17.7. The molecule has 1 aromatic carbocycles. The van der Waals surface area contributed by atoms with Crippen LogP contribution in [0.1, 0.15) is 35.7 Å². The molecule has 0 spiro atoms. The Morgan fingerprint density at radius 1 is 1.28 bits per heavy atom. The van der Waals surface area contributed by atoms with Crippen molar-refractivity contribution in [3.05, 3.63) is 50.0 Å². The van der Waals surface area contributed by atoms with E-state index in [0.717, 1.165) is 5.69 Å². The normalized spacial score (nSPS) is 20.7. The minimum Gasteiger partial charge on any atom is -0.342 e. The number of hydrogen-bond donors (Lipinski definition) is 1. The number of carbonyl (C=O) groups excluding carboxylic acids is 1. The van der Waals surface area contributed by atoms with Crippen molar-refractivity contribution in [3.63, 3.8) is 0 Å². The van der Waals surface area contributed by atoms with Gasteiger partial charge in [0.15, 0.2) is 4.77 Å². The number of nitrogens with one attached hydrogen (secondary N) is 1. The molecule has 29 heavy (non-hydrogen) atoms. The van der Waals surface area contributed by atoms with E-state index in [1.807, 2.05) is 0 Å². The molecule has 10 heteroatoms. The van der Waals surface area contributed by atoms with Crippen LogP contribution in [0.5, 0.6) is 0 Å². The number of likely N-dealkylation sites (tertiary alicyclic amines) is 1. The molecule has 1 amide bonds. The number of halogens is 5. The third-order valence-electron chi connectivity index (χ3n) is 5.68. The first-order valence-electron chi connectivity index (χ1n) is 9.26. The average molecular weight is 492 g/mol. The Morgan fingerprint density at radius 2 is 1.97 bits per heavy atom. The van der Waals surface area contributed by atoms with Crippen molar-refractivity contribution in [1.29, 1.82) is 0 Å². The lowest BCUT2D eigenvalue weighted by molar-refractivity contribution is -0.136. The van der Waals surface area contributed by atoms with Gasteiger partial charge < -0.3 is 14.5 Å². The van der Waals surface area contributed by atoms with Crippen LogP contribution in [0, 0.1) is 16.4 Å². The molecule has 1 N–H and O–H groups in total. The van der Waals surface area contributed by atoms with E-state index >= 15 is 0 Å². The molecule has 1 fully saturated rings. The number of rotatable bonds is 3. The third-order valence-corrected chi connectivity index (χ3v) is 6.62. The second-order valence-corrected chi connectivity index (χ2v) is 8.78. The summed E-state index contributed by atoms with van der Waals surface area (Å²) in [7, 11) is 0. The summed E-state index contributed by atoms with van der Waals surface area (Å²) in [6.07, 6.45) is -0.357. The number of aromatic amines is 1. The number of amides is 1. The van der Waals surface area contributed by atoms with Crippen molar-refractivity contribution in [3.8, 4) is 0 Å². The van der Waals surface area contributed by atoms with Crippen LogP contribution in [0.4, 0.5) is 17.6 Å². The number of aromatic nitrogens is 2. The number of piperidine rings is 1. The van der Waals surface area contributed by atoms with E-state index in [1.54, 1.807) is 4.57 Å². The van der Waals surface area contributed by atoms with Gasteiger partial charge in [0.05, 0.1) is 10.9 Å². The maximum Gasteiger partial charge on any atom is 0.251 e. The fraction of sp³-hybridized carbons (Fsp3) is 0.474. The summed E-state index contributed by atoms with van der Waals surface area (Å²) in [4.78, 5) is 17.0.